The number of anilines is 1. The van der Waals surface area contributed by atoms with E-state index in [9.17, 15) is 5.11 Å². The molecule has 1 fully saturated rings. The molecule has 1 N–H and O–H groups in total. The van der Waals surface area contributed by atoms with Gasteiger partial charge in [-0.2, -0.15) is 0 Å². The lowest BCUT2D eigenvalue weighted by molar-refractivity contribution is 0.246. The molecule has 0 saturated carbocycles. The maximum Gasteiger partial charge on any atom is 0.175 e. The van der Waals surface area contributed by atoms with Crippen molar-refractivity contribution in [2.24, 2.45) is 0 Å². The van der Waals surface area contributed by atoms with Crippen molar-refractivity contribution < 1.29 is 9.63 Å². The van der Waals surface area contributed by atoms with Gasteiger partial charge in [-0.15, -0.1) is 0 Å². The number of para-hydroxylation sites is 1. The zero-order valence-electron chi connectivity index (χ0n) is 16.2. The third-order valence-electron chi connectivity index (χ3n) is 5.64. The van der Waals surface area contributed by atoms with Gasteiger partial charge in [0.2, 0.25) is 0 Å². The summed E-state index contributed by atoms with van der Waals surface area (Å²) in [4.78, 5) is 4.76. The lowest BCUT2D eigenvalue weighted by atomic mass is 10.0. The molecular weight excluding hydrogens is 362 g/mol. The smallest absolute Gasteiger partial charge is 0.175 e. The van der Waals surface area contributed by atoms with E-state index in [1.807, 2.05) is 42.5 Å². The van der Waals surface area contributed by atoms with Crippen LogP contribution in [0.2, 0.25) is 0 Å². The Balaban J connectivity index is 1.37. The molecule has 5 nitrogen and oxygen atoms in total. The normalized spacial score (nSPS) is 15.1. The van der Waals surface area contributed by atoms with Gasteiger partial charge in [0, 0.05) is 44.0 Å². The van der Waals surface area contributed by atoms with E-state index >= 15 is 0 Å². The minimum atomic E-state index is 0.263. The van der Waals surface area contributed by atoms with Gasteiger partial charge in [-0.3, -0.25) is 4.90 Å². The van der Waals surface area contributed by atoms with Gasteiger partial charge < -0.3 is 14.5 Å². The number of nitrogens with zero attached hydrogens (tertiary/aromatic N) is 3. The first-order chi connectivity index (χ1) is 14.3. The van der Waals surface area contributed by atoms with Crippen LogP contribution >= 0.6 is 0 Å². The van der Waals surface area contributed by atoms with Crippen LogP contribution in [0.3, 0.4) is 0 Å². The highest BCUT2D eigenvalue weighted by molar-refractivity contribution is 5.94. The average Bonchev–Trinajstić information content (AvgIpc) is 3.22. The number of hydrogen-bond acceptors (Lipinski definition) is 5. The van der Waals surface area contributed by atoms with Gasteiger partial charge in [-0.1, -0.05) is 53.7 Å². The first kappa shape index (κ1) is 17.8. The molecule has 2 heterocycles. The Bertz CT molecular complexity index is 1100. The van der Waals surface area contributed by atoms with Crippen molar-refractivity contribution in [2.75, 3.05) is 31.1 Å². The minimum absolute atomic E-state index is 0.263. The molecule has 0 unspecified atom stereocenters. The van der Waals surface area contributed by atoms with E-state index < -0.39 is 0 Å². The van der Waals surface area contributed by atoms with E-state index in [1.54, 1.807) is 6.07 Å². The summed E-state index contributed by atoms with van der Waals surface area (Å²) in [5.41, 5.74) is 4.58. The third-order valence-corrected chi connectivity index (χ3v) is 5.64. The summed E-state index contributed by atoms with van der Waals surface area (Å²) in [5, 5.41) is 15.8. The minimum Gasteiger partial charge on any atom is -0.507 e. The van der Waals surface area contributed by atoms with Crippen LogP contribution in [0.1, 0.15) is 5.56 Å². The molecule has 0 atom stereocenters. The number of aromatic nitrogens is 1. The Morgan fingerprint density at radius 3 is 2.24 bits per heavy atom. The summed E-state index contributed by atoms with van der Waals surface area (Å²) in [6.07, 6.45) is 0. The molecule has 1 aliphatic rings. The first-order valence-electron chi connectivity index (χ1n) is 9.97. The molecular formula is C24H23N3O2. The molecule has 5 heteroatoms. The summed E-state index contributed by atoms with van der Waals surface area (Å²) >= 11 is 0. The molecule has 0 radical (unpaired) electrons. The van der Waals surface area contributed by atoms with E-state index in [1.165, 1.54) is 5.69 Å². The predicted octanol–water partition coefficient (Wildman–Crippen LogP) is 4.52. The molecule has 3 aromatic carbocycles. The van der Waals surface area contributed by atoms with Crippen LogP contribution in [0.15, 0.2) is 77.3 Å². The number of fused-ring (bicyclic) bond motifs is 1. The fraction of sp³-hybridized carbons (Fsp3) is 0.208. The molecule has 1 saturated heterocycles. The average molecular weight is 385 g/mol. The largest absolute Gasteiger partial charge is 0.507 e. The summed E-state index contributed by atoms with van der Waals surface area (Å²) in [6, 6.07) is 24.2. The number of phenols is 1. The van der Waals surface area contributed by atoms with Crippen molar-refractivity contribution in [1.29, 1.82) is 0 Å². The fourth-order valence-electron chi connectivity index (χ4n) is 4.03. The second-order valence-electron chi connectivity index (χ2n) is 7.44. The number of rotatable bonds is 4. The summed E-state index contributed by atoms with van der Waals surface area (Å²) in [6.45, 7) is 4.45. The standard InChI is InChI=1S/C24H23N3O2/c28-22-12-11-20-23(18-7-3-1-4-8-18)25-29-24(20)21(22)17-26-13-15-27(16-14-26)19-9-5-2-6-10-19/h1-12,28H,13-17H2. The Morgan fingerprint density at radius 2 is 1.52 bits per heavy atom. The molecule has 1 aliphatic heterocycles. The van der Waals surface area contributed by atoms with Crippen molar-refractivity contribution in [3.05, 3.63) is 78.4 Å². The monoisotopic (exact) mass is 385 g/mol. The lowest BCUT2D eigenvalue weighted by Gasteiger charge is -2.36. The Labute approximate surface area is 169 Å². The van der Waals surface area contributed by atoms with Gasteiger partial charge in [-0.05, 0) is 24.3 Å². The van der Waals surface area contributed by atoms with Gasteiger partial charge >= 0.3 is 0 Å². The van der Waals surface area contributed by atoms with Crippen molar-refractivity contribution in [1.82, 2.24) is 10.1 Å². The number of piperazine rings is 1. The van der Waals surface area contributed by atoms with Gasteiger partial charge in [0.05, 0.1) is 10.9 Å². The maximum atomic E-state index is 10.5. The second kappa shape index (κ2) is 7.60. The van der Waals surface area contributed by atoms with Crippen molar-refractivity contribution in [2.45, 2.75) is 6.54 Å². The van der Waals surface area contributed by atoms with Crippen LogP contribution in [0.25, 0.3) is 22.2 Å². The number of hydrogen-bond donors (Lipinski definition) is 1. The molecule has 0 bridgehead atoms. The molecule has 0 spiro atoms. The molecule has 4 aromatic rings. The Kier molecular flexibility index (Phi) is 4.66. The maximum absolute atomic E-state index is 10.5. The van der Waals surface area contributed by atoms with Crippen LogP contribution in [0.5, 0.6) is 5.75 Å². The predicted molar refractivity (Wildman–Crippen MR) is 115 cm³/mol. The Morgan fingerprint density at radius 1 is 0.828 bits per heavy atom. The highest BCUT2D eigenvalue weighted by Gasteiger charge is 2.22. The van der Waals surface area contributed by atoms with Crippen LogP contribution < -0.4 is 4.90 Å². The molecule has 1 aromatic heterocycles. The van der Waals surface area contributed by atoms with Crippen LogP contribution in [-0.4, -0.2) is 41.3 Å². The molecule has 29 heavy (non-hydrogen) atoms. The highest BCUT2D eigenvalue weighted by Crippen LogP contribution is 2.34. The van der Waals surface area contributed by atoms with Crippen LogP contribution in [-0.2, 0) is 6.54 Å². The zero-order valence-corrected chi connectivity index (χ0v) is 16.2. The van der Waals surface area contributed by atoms with E-state index in [-0.39, 0.29) is 5.75 Å². The first-order valence-corrected chi connectivity index (χ1v) is 9.97. The zero-order chi connectivity index (χ0) is 19.6. The van der Waals surface area contributed by atoms with Gasteiger partial charge in [0.25, 0.3) is 0 Å². The van der Waals surface area contributed by atoms with Crippen LogP contribution in [0.4, 0.5) is 5.69 Å². The Hall–Kier alpha value is -3.31. The van der Waals surface area contributed by atoms with Crippen molar-refractivity contribution in [3.8, 4) is 17.0 Å². The van der Waals surface area contributed by atoms with Gasteiger partial charge in [-0.25, -0.2) is 0 Å². The molecule has 0 aliphatic carbocycles. The van der Waals surface area contributed by atoms with E-state index in [0.717, 1.165) is 48.4 Å². The van der Waals surface area contributed by atoms with Gasteiger partial charge in [0.1, 0.15) is 11.4 Å². The summed E-state index contributed by atoms with van der Waals surface area (Å²) in [7, 11) is 0. The second-order valence-corrected chi connectivity index (χ2v) is 7.44. The summed E-state index contributed by atoms with van der Waals surface area (Å²) in [5.74, 6) is 0.263. The molecule has 0 amide bonds. The SMILES string of the molecule is Oc1ccc2c(-c3ccccc3)noc2c1CN1CCN(c2ccccc2)CC1. The van der Waals surface area contributed by atoms with E-state index in [2.05, 4.69) is 39.2 Å². The van der Waals surface area contributed by atoms with Crippen LogP contribution in [0, 0.1) is 0 Å². The summed E-state index contributed by atoms with van der Waals surface area (Å²) < 4.78 is 5.70. The fourth-order valence-corrected chi connectivity index (χ4v) is 4.03. The number of aromatic hydroxyl groups is 1. The van der Waals surface area contributed by atoms with Crippen molar-refractivity contribution >= 4 is 16.7 Å². The van der Waals surface area contributed by atoms with Gasteiger partial charge in [0.15, 0.2) is 5.58 Å². The highest BCUT2D eigenvalue weighted by atomic mass is 16.5. The van der Waals surface area contributed by atoms with E-state index in [0.29, 0.717) is 12.1 Å². The quantitative estimate of drug-likeness (QED) is 0.560. The number of benzene rings is 3. The molecule has 5 rings (SSSR count). The lowest BCUT2D eigenvalue weighted by Crippen LogP contribution is -2.45. The van der Waals surface area contributed by atoms with Crippen molar-refractivity contribution in [3.63, 3.8) is 0 Å². The molecule has 146 valence electrons. The van der Waals surface area contributed by atoms with E-state index in [4.69, 9.17) is 4.52 Å². The third kappa shape index (κ3) is 3.45. The topological polar surface area (TPSA) is 52.7 Å². The number of phenolic OH excluding ortho intramolecular Hbond substituents is 1.